The van der Waals surface area contributed by atoms with Crippen LogP contribution in [-0.4, -0.2) is 42.2 Å². The minimum atomic E-state index is -1.03. The molecular weight excluding hydrogens is 596 g/mol. The summed E-state index contributed by atoms with van der Waals surface area (Å²) in [5.41, 5.74) is 1.31. The molecule has 3 atom stereocenters. The van der Waals surface area contributed by atoms with Gasteiger partial charge in [-0.05, 0) is 97.7 Å². The second-order valence-electron chi connectivity index (χ2n) is 12.8. The Bertz CT molecular complexity index is 1470. The van der Waals surface area contributed by atoms with Gasteiger partial charge in [-0.2, -0.15) is 0 Å². The lowest BCUT2D eigenvalue weighted by Gasteiger charge is -2.37. The number of ether oxygens (including phenoxy) is 3. The van der Waals surface area contributed by atoms with Crippen molar-refractivity contribution in [3.05, 3.63) is 77.9 Å². The van der Waals surface area contributed by atoms with Crippen molar-refractivity contribution in [2.75, 3.05) is 23.8 Å². The third-order valence-electron chi connectivity index (χ3n) is 8.62. The summed E-state index contributed by atoms with van der Waals surface area (Å²) >= 11 is 0. The Morgan fingerprint density at radius 2 is 1.51 bits per heavy atom. The molecule has 1 aliphatic rings. The number of aromatic carboxylic acids is 1. The normalized spacial score (nSPS) is 17.6. The fourth-order valence-corrected chi connectivity index (χ4v) is 5.89. The van der Waals surface area contributed by atoms with Crippen LogP contribution in [0.5, 0.6) is 17.2 Å². The highest BCUT2D eigenvalue weighted by Gasteiger charge is 2.31. The van der Waals surface area contributed by atoms with Crippen molar-refractivity contribution >= 4 is 29.2 Å². The van der Waals surface area contributed by atoms with E-state index in [-0.39, 0.29) is 30.1 Å². The molecule has 4 rings (SSSR count). The van der Waals surface area contributed by atoms with E-state index >= 15 is 0 Å². The Balaban J connectivity index is 1.46. The zero-order valence-electron chi connectivity index (χ0n) is 27.9. The first-order chi connectivity index (χ1) is 22.6. The second-order valence-corrected chi connectivity index (χ2v) is 12.8. The number of amides is 2. The quantitative estimate of drug-likeness (QED) is 0.133. The molecule has 3 N–H and O–H groups in total. The van der Waals surface area contributed by atoms with Gasteiger partial charge in [-0.1, -0.05) is 53.4 Å². The first-order valence-electron chi connectivity index (χ1n) is 16.7. The number of carboxylic acids is 1. The zero-order valence-corrected chi connectivity index (χ0v) is 27.9. The molecule has 1 fully saturated rings. The van der Waals surface area contributed by atoms with Crippen LogP contribution in [0.25, 0.3) is 0 Å². The van der Waals surface area contributed by atoms with E-state index in [1.807, 2.05) is 0 Å². The summed E-state index contributed by atoms with van der Waals surface area (Å²) in [4.78, 5) is 37.7. The largest absolute Gasteiger partial charge is 0.494 e. The number of carbonyl (C=O) groups is 3. The average molecular weight is 645 g/mol. The van der Waals surface area contributed by atoms with Crippen LogP contribution in [0.1, 0.15) is 93.4 Å². The van der Waals surface area contributed by atoms with Gasteiger partial charge in [0.25, 0.3) is 5.91 Å². The maximum absolute atomic E-state index is 13.3. The molecule has 47 heavy (non-hydrogen) atoms. The SMILES string of the molecule is CCCCCCOc1ccc(C(=O)Nc2ccc(Oc3ccc(C(=O)O)cc3)cc2NC(=O)COC2CC(C)CCC2C(C)C)cc1. The van der Waals surface area contributed by atoms with E-state index in [0.717, 1.165) is 25.7 Å². The van der Waals surface area contributed by atoms with Crippen molar-refractivity contribution in [3.63, 3.8) is 0 Å². The van der Waals surface area contributed by atoms with E-state index in [1.54, 1.807) is 54.6 Å². The summed E-state index contributed by atoms with van der Waals surface area (Å²) in [6, 6.07) is 17.9. The predicted octanol–water partition coefficient (Wildman–Crippen LogP) is 8.80. The smallest absolute Gasteiger partial charge is 0.335 e. The second kappa shape index (κ2) is 17.5. The molecule has 0 saturated heterocycles. The highest BCUT2D eigenvalue weighted by molar-refractivity contribution is 6.07. The van der Waals surface area contributed by atoms with Gasteiger partial charge in [0.1, 0.15) is 23.9 Å². The van der Waals surface area contributed by atoms with Gasteiger partial charge >= 0.3 is 5.97 Å². The molecule has 3 aromatic carbocycles. The van der Waals surface area contributed by atoms with Gasteiger partial charge in [0, 0.05) is 11.6 Å². The van der Waals surface area contributed by atoms with Gasteiger partial charge in [0.05, 0.1) is 29.6 Å². The van der Waals surface area contributed by atoms with E-state index in [1.165, 1.54) is 31.4 Å². The standard InChI is InChI=1S/C38H48N2O7/c1-5-6-7-8-21-45-29-14-10-27(11-15-29)37(42)40-33-20-18-31(47-30-16-12-28(13-17-30)38(43)44)23-34(33)39-36(41)24-46-35-22-26(4)9-19-32(35)25(2)3/h10-18,20,23,25-26,32,35H,5-9,19,21-22,24H2,1-4H3,(H,39,41)(H,40,42)(H,43,44). The number of nitrogens with one attached hydrogen (secondary N) is 2. The van der Waals surface area contributed by atoms with Crippen LogP contribution in [0, 0.1) is 17.8 Å². The van der Waals surface area contributed by atoms with Gasteiger partial charge in [0.15, 0.2) is 0 Å². The van der Waals surface area contributed by atoms with Crippen molar-refractivity contribution in [1.29, 1.82) is 0 Å². The average Bonchev–Trinajstić information content (AvgIpc) is 3.05. The topological polar surface area (TPSA) is 123 Å². The van der Waals surface area contributed by atoms with Gasteiger partial charge < -0.3 is 30.0 Å². The van der Waals surface area contributed by atoms with Crippen molar-refractivity contribution in [3.8, 4) is 17.2 Å². The Morgan fingerprint density at radius 1 is 0.830 bits per heavy atom. The third kappa shape index (κ3) is 10.8. The Kier molecular flexibility index (Phi) is 13.2. The minimum Gasteiger partial charge on any atom is -0.494 e. The van der Waals surface area contributed by atoms with Gasteiger partial charge in [0.2, 0.25) is 5.91 Å². The van der Waals surface area contributed by atoms with Crippen molar-refractivity contribution in [2.24, 2.45) is 17.8 Å². The molecule has 0 radical (unpaired) electrons. The Labute approximate surface area is 278 Å². The fourth-order valence-electron chi connectivity index (χ4n) is 5.89. The molecule has 1 saturated carbocycles. The van der Waals surface area contributed by atoms with E-state index in [2.05, 4.69) is 38.3 Å². The van der Waals surface area contributed by atoms with Gasteiger partial charge in [-0.3, -0.25) is 9.59 Å². The molecule has 0 aliphatic heterocycles. The van der Waals surface area contributed by atoms with Gasteiger partial charge in [-0.25, -0.2) is 4.79 Å². The summed E-state index contributed by atoms with van der Waals surface area (Å²) in [7, 11) is 0. The summed E-state index contributed by atoms with van der Waals surface area (Å²) < 4.78 is 17.9. The van der Waals surface area contributed by atoms with Crippen molar-refractivity contribution in [2.45, 2.75) is 78.7 Å². The van der Waals surface area contributed by atoms with E-state index in [9.17, 15) is 19.5 Å². The molecule has 252 valence electrons. The Hall–Kier alpha value is -4.37. The van der Waals surface area contributed by atoms with Crippen LogP contribution in [0.15, 0.2) is 66.7 Å². The lowest BCUT2D eigenvalue weighted by Crippen LogP contribution is -2.36. The van der Waals surface area contributed by atoms with E-state index < -0.39 is 5.97 Å². The maximum atomic E-state index is 13.3. The molecule has 3 aromatic rings. The van der Waals surface area contributed by atoms with Crippen LogP contribution in [0.3, 0.4) is 0 Å². The molecule has 3 unspecified atom stereocenters. The number of carboxylic acid groups (broad SMARTS) is 1. The summed E-state index contributed by atoms with van der Waals surface area (Å²) in [6.45, 7) is 9.30. The molecular formula is C38H48N2O7. The molecule has 0 bridgehead atoms. The van der Waals surface area contributed by atoms with Crippen LogP contribution in [-0.2, 0) is 9.53 Å². The number of carbonyl (C=O) groups excluding carboxylic acids is 2. The number of hydrogen-bond acceptors (Lipinski definition) is 6. The molecule has 9 heteroatoms. The van der Waals surface area contributed by atoms with Crippen LogP contribution in [0.4, 0.5) is 11.4 Å². The molecule has 0 aromatic heterocycles. The maximum Gasteiger partial charge on any atom is 0.335 e. The van der Waals surface area contributed by atoms with Crippen LogP contribution < -0.4 is 20.1 Å². The lowest BCUT2D eigenvalue weighted by atomic mass is 9.75. The first kappa shape index (κ1) is 35.5. The van der Waals surface area contributed by atoms with E-state index in [0.29, 0.717) is 58.5 Å². The molecule has 0 heterocycles. The number of anilines is 2. The van der Waals surface area contributed by atoms with Gasteiger partial charge in [-0.15, -0.1) is 0 Å². The summed E-state index contributed by atoms with van der Waals surface area (Å²) in [6.07, 6.45) is 7.64. The van der Waals surface area contributed by atoms with Crippen molar-refractivity contribution in [1.82, 2.24) is 0 Å². The highest BCUT2D eigenvalue weighted by Crippen LogP contribution is 2.36. The number of rotatable bonds is 16. The predicted molar refractivity (Wildman–Crippen MR) is 184 cm³/mol. The molecule has 1 aliphatic carbocycles. The fraction of sp³-hybridized carbons (Fsp3) is 0.447. The van der Waals surface area contributed by atoms with Crippen molar-refractivity contribution < 1.29 is 33.7 Å². The Morgan fingerprint density at radius 3 is 2.19 bits per heavy atom. The number of benzene rings is 3. The third-order valence-corrected chi connectivity index (χ3v) is 8.62. The monoisotopic (exact) mass is 644 g/mol. The lowest BCUT2D eigenvalue weighted by molar-refractivity contribution is -0.126. The zero-order chi connectivity index (χ0) is 33.8. The molecule has 0 spiro atoms. The summed E-state index contributed by atoms with van der Waals surface area (Å²) in [5.74, 6) is 1.20. The first-order valence-corrected chi connectivity index (χ1v) is 16.7. The van der Waals surface area contributed by atoms with Crippen LogP contribution >= 0.6 is 0 Å². The number of hydrogen-bond donors (Lipinski definition) is 3. The number of unbranched alkanes of at least 4 members (excludes halogenated alkanes) is 3. The molecule has 2 amide bonds. The molecule has 9 nitrogen and oxygen atoms in total. The van der Waals surface area contributed by atoms with Crippen LogP contribution in [0.2, 0.25) is 0 Å². The minimum absolute atomic E-state index is 0.00964. The highest BCUT2D eigenvalue weighted by atomic mass is 16.5. The summed E-state index contributed by atoms with van der Waals surface area (Å²) in [5, 5.41) is 15.0. The van der Waals surface area contributed by atoms with E-state index in [4.69, 9.17) is 14.2 Å².